The maximum Gasteiger partial charge on any atom is 0.298 e. The van der Waals surface area contributed by atoms with Crippen molar-refractivity contribution >= 4 is 10.1 Å². The third kappa shape index (κ3) is 2.69. The Balaban J connectivity index is 2.60. The zero-order valence-corrected chi connectivity index (χ0v) is 12.1. The van der Waals surface area contributed by atoms with E-state index in [0.717, 1.165) is 11.1 Å². The molecule has 2 aromatic carbocycles. The van der Waals surface area contributed by atoms with Crippen LogP contribution in [0.15, 0.2) is 47.4 Å². The summed E-state index contributed by atoms with van der Waals surface area (Å²) in [5.74, 6) is -0.480. The fourth-order valence-corrected chi connectivity index (χ4v) is 3.25. The molecule has 0 heterocycles. The van der Waals surface area contributed by atoms with E-state index in [9.17, 15) is 18.1 Å². The average Bonchev–Trinajstić information content (AvgIpc) is 2.37. The fraction of sp³-hybridized carbons (Fsp3) is 0.200. The molecule has 2 rings (SSSR count). The Hall–Kier alpha value is -1.85. The third-order valence-corrected chi connectivity index (χ3v) is 4.48. The van der Waals surface area contributed by atoms with E-state index in [1.165, 1.54) is 6.07 Å². The Kier molecular flexibility index (Phi) is 3.83. The van der Waals surface area contributed by atoms with Crippen molar-refractivity contribution in [1.82, 2.24) is 0 Å². The number of hydrogen-bond donors (Lipinski definition) is 2. The number of phenols is 1. The van der Waals surface area contributed by atoms with Gasteiger partial charge in [0.2, 0.25) is 0 Å². The predicted molar refractivity (Wildman–Crippen MR) is 76.6 cm³/mol. The minimum atomic E-state index is -4.45. The van der Waals surface area contributed by atoms with E-state index in [0.29, 0.717) is 5.56 Å². The van der Waals surface area contributed by atoms with Crippen LogP contribution < -0.4 is 0 Å². The zero-order valence-electron chi connectivity index (χ0n) is 11.2. The highest BCUT2D eigenvalue weighted by Gasteiger charge is 2.23. The molecule has 0 radical (unpaired) electrons. The quantitative estimate of drug-likeness (QED) is 0.852. The molecule has 0 saturated carbocycles. The van der Waals surface area contributed by atoms with Gasteiger partial charge in [0.05, 0.1) is 0 Å². The van der Waals surface area contributed by atoms with Gasteiger partial charge >= 0.3 is 0 Å². The molecule has 2 N–H and O–H groups in total. The molecule has 1 unspecified atom stereocenters. The lowest BCUT2D eigenvalue weighted by molar-refractivity contribution is 0.441. The van der Waals surface area contributed by atoms with E-state index in [4.69, 9.17) is 0 Å². The van der Waals surface area contributed by atoms with E-state index in [2.05, 4.69) is 0 Å². The van der Waals surface area contributed by atoms with Gasteiger partial charge in [0.25, 0.3) is 10.1 Å². The van der Waals surface area contributed by atoms with Crippen molar-refractivity contribution in [2.75, 3.05) is 0 Å². The fourth-order valence-electron chi connectivity index (χ4n) is 2.41. The third-order valence-electron chi connectivity index (χ3n) is 3.45. The minimum Gasteiger partial charge on any atom is -0.506 e. The van der Waals surface area contributed by atoms with Crippen LogP contribution in [-0.4, -0.2) is 18.1 Å². The molecule has 20 heavy (non-hydrogen) atoms. The largest absolute Gasteiger partial charge is 0.506 e. The standard InChI is InChI=1S/C15H16O4S/c1-10(12-6-4-3-5-7-12)13-8-9-14(16)15(11(13)2)20(17,18)19/h3-10,16H,1-2H3,(H,17,18,19). The van der Waals surface area contributed by atoms with Crippen molar-refractivity contribution in [2.45, 2.75) is 24.7 Å². The summed E-state index contributed by atoms with van der Waals surface area (Å²) in [6, 6.07) is 12.6. The normalized spacial score (nSPS) is 13.2. The van der Waals surface area contributed by atoms with Gasteiger partial charge in [-0.1, -0.05) is 43.3 Å². The Morgan fingerprint density at radius 2 is 1.65 bits per heavy atom. The highest BCUT2D eigenvalue weighted by atomic mass is 32.2. The van der Waals surface area contributed by atoms with Crippen LogP contribution in [0.4, 0.5) is 0 Å². The molecule has 0 bridgehead atoms. The van der Waals surface area contributed by atoms with Gasteiger partial charge in [0.15, 0.2) is 0 Å². The van der Waals surface area contributed by atoms with Gasteiger partial charge in [-0.3, -0.25) is 4.55 Å². The molecule has 2 aromatic rings. The lowest BCUT2D eigenvalue weighted by atomic mass is 9.90. The number of hydrogen-bond acceptors (Lipinski definition) is 3. The van der Waals surface area contributed by atoms with Crippen LogP contribution in [0.1, 0.15) is 29.5 Å². The summed E-state index contributed by atoms with van der Waals surface area (Å²) in [5, 5.41) is 9.66. The number of aromatic hydroxyl groups is 1. The summed E-state index contributed by atoms with van der Waals surface area (Å²) in [6.07, 6.45) is 0. The van der Waals surface area contributed by atoms with Gasteiger partial charge in [-0.25, -0.2) is 0 Å². The van der Waals surface area contributed by atoms with Crippen molar-refractivity contribution in [1.29, 1.82) is 0 Å². The van der Waals surface area contributed by atoms with Crippen LogP contribution in [0.3, 0.4) is 0 Å². The molecule has 1 atom stereocenters. The Morgan fingerprint density at radius 3 is 2.20 bits per heavy atom. The molecule has 0 aromatic heterocycles. The van der Waals surface area contributed by atoms with Crippen molar-refractivity contribution in [2.24, 2.45) is 0 Å². The Labute approximate surface area is 118 Å². The lowest BCUT2D eigenvalue weighted by Crippen LogP contribution is -2.06. The Bertz CT molecular complexity index is 721. The predicted octanol–water partition coefficient (Wildman–Crippen LogP) is 3.10. The molecule has 0 fully saturated rings. The molecule has 5 heteroatoms. The van der Waals surface area contributed by atoms with Crippen LogP contribution in [0, 0.1) is 6.92 Å². The molecule has 0 spiro atoms. The van der Waals surface area contributed by atoms with Gasteiger partial charge in [0, 0.05) is 5.92 Å². The highest BCUT2D eigenvalue weighted by molar-refractivity contribution is 7.86. The maximum absolute atomic E-state index is 11.4. The van der Waals surface area contributed by atoms with Gasteiger partial charge in [0.1, 0.15) is 10.6 Å². The molecule has 4 nitrogen and oxygen atoms in total. The lowest BCUT2D eigenvalue weighted by Gasteiger charge is -2.17. The van der Waals surface area contributed by atoms with Crippen LogP contribution in [0.25, 0.3) is 0 Å². The first kappa shape index (κ1) is 14.6. The first-order valence-corrected chi connectivity index (χ1v) is 7.61. The maximum atomic E-state index is 11.4. The molecule has 0 aliphatic carbocycles. The second kappa shape index (κ2) is 5.26. The smallest absolute Gasteiger partial charge is 0.298 e. The van der Waals surface area contributed by atoms with Crippen LogP contribution in [-0.2, 0) is 10.1 Å². The zero-order chi connectivity index (χ0) is 14.9. The number of phenolic OH excluding ortho intramolecular Hbond substituents is 1. The first-order valence-electron chi connectivity index (χ1n) is 6.17. The second-order valence-electron chi connectivity index (χ2n) is 4.74. The van der Waals surface area contributed by atoms with E-state index in [1.54, 1.807) is 13.0 Å². The highest BCUT2D eigenvalue weighted by Crippen LogP contribution is 2.34. The van der Waals surface area contributed by atoms with Gasteiger partial charge < -0.3 is 5.11 Å². The molecular weight excluding hydrogens is 276 g/mol. The number of benzene rings is 2. The van der Waals surface area contributed by atoms with E-state index in [-0.39, 0.29) is 5.92 Å². The topological polar surface area (TPSA) is 74.6 Å². The van der Waals surface area contributed by atoms with Crippen molar-refractivity contribution in [3.05, 3.63) is 59.2 Å². The van der Waals surface area contributed by atoms with E-state index < -0.39 is 20.8 Å². The van der Waals surface area contributed by atoms with Crippen molar-refractivity contribution < 1.29 is 18.1 Å². The molecule has 0 amide bonds. The number of rotatable bonds is 3. The summed E-state index contributed by atoms with van der Waals surface area (Å²) in [7, 11) is -4.45. The summed E-state index contributed by atoms with van der Waals surface area (Å²) in [5.41, 5.74) is 2.15. The van der Waals surface area contributed by atoms with E-state index in [1.807, 2.05) is 37.3 Å². The monoisotopic (exact) mass is 292 g/mol. The van der Waals surface area contributed by atoms with Crippen LogP contribution >= 0.6 is 0 Å². The van der Waals surface area contributed by atoms with Crippen molar-refractivity contribution in [3.8, 4) is 5.75 Å². The SMILES string of the molecule is Cc1c(C(C)c2ccccc2)ccc(O)c1S(=O)(=O)O. The van der Waals surface area contributed by atoms with Gasteiger partial charge in [-0.15, -0.1) is 0 Å². The molecule has 0 aliphatic rings. The molecule has 106 valence electrons. The van der Waals surface area contributed by atoms with Crippen molar-refractivity contribution in [3.63, 3.8) is 0 Å². The summed E-state index contributed by atoms with van der Waals surface area (Å²) >= 11 is 0. The summed E-state index contributed by atoms with van der Waals surface area (Å²) < 4.78 is 32.0. The summed E-state index contributed by atoms with van der Waals surface area (Å²) in [6.45, 7) is 3.53. The minimum absolute atomic E-state index is 0.0442. The molecule has 0 saturated heterocycles. The van der Waals surface area contributed by atoms with Crippen LogP contribution in [0.2, 0.25) is 0 Å². The molecule has 0 aliphatic heterocycles. The van der Waals surface area contributed by atoms with Gasteiger partial charge in [-0.2, -0.15) is 8.42 Å². The van der Waals surface area contributed by atoms with Crippen LogP contribution in [0.5, 0.6) is 5.75 Å². The first-order chi connectivity index (χ1) is 9.32. The van der Waals surface area contributed by atoms with E-state index >= 15 is 0 Å². The van der Waals surface area contributed by atoms with Gasteiger partial charge in [-0.05, 0) is 29.7 Å². The molecular formula is C15H16O4S. The average molecular weight is 292 g/mol. The Morgan fingerprint density at radius 1 is 1.05 bits per heavy atom. The second-order valence-corrected chi connectivity index (χ2v) is 6.09. The summed E-state index contributed by atoms with van der Waals surface area (Å²) in [4.78, 5) is -0.419.